The molecule has 1 aliphatic carbocycles. The molecule has 20 heavy (non-hydrogen) atoms. The third kappa shape index (κ3) is 3.49. The summed E-state index contributed by atoms with van der Waals surface area (Å²) in [5.74, 6) is -1.36. The number of ether oxygens (including phenoxy) is 1. The van der Waals surface area contributed by atoms with E-state index in [0.29, 0.717) is 12.0 Å². The molecule has 1 heterocycles. The van der Waals surface area contributed by atoms with E-state index >= 15 is 0 Å². The Morgan fingerprint density at radius 2 is 2.20 bits per heavy atom. The number of aromatic nitrogens is 1. The van der Waals surface area contributed by atoms with Crippen molar-refractivity contribution in [2.75, 3.05) is 6.61 Å². The standard InChI is InChI=1S/C13H12F3NO3/c14-13(15,16)7-20-11-10(8-3-1-2-4-8)5-9(6-17-11)12(18)19/h3,5-6H,1-2,4,7H2,(H,18,19). The Kier molecular flexibility index (Phi) is 3.96. The molecule has 1 aromatic rings. The molecule has 0 unspecified atom stereocenters. The van der Waals surface area contributed by atoms with Crippen molar-refractivity contribution in [3.63, 3.8) is 0 Å². The Bertz CT molecular complexity index is 552. The van der Waals surface area contributed by atoms with Gasteiger partial charge in [0.05, 0.1) is 5.56 Å². The van der Waals surface area contributed by atoms with Crippen LogP contribution in [0.2, 0.25) is 0 Å². The molecule has 1 aromatic heterocycles. The minimum absolute atomic E-state index is 0.0767. The highest BCUT2D eigenvalue weighted by atomic mass is 19.4. The van der Waals surface area contributed by atoms with E-state index in [4.69, 9.17) is 5.11 Å². The molecule has 4 nitrogen and oxygen atoms in total. The third-order valence-electron chi connectivity index (χ3n) is 2.86. The molecule has 0 atom stereocenters. The van der Waals surface area contributed by atoms with Crippen molar-refractivity contribution in [2.45, 2.75) is 25.4 Å². The molecule has 0 bridgehead atoms. The number of alkyl halides is 3. The minimum Gasteiger partial charge on any atom is -0.478 e. The summed E-state index contributed by atoms with van der Waals surface area (Å²) >= 11 is 0. The van der Waals surface area contributed by atoms with E-state index in [1.54, 1.807) is 0 Å². The average Bonchev–Trinajstić information content (AvgIpc) is 2.88. The van der Waals surface area contributed by atoms with Crippen LogP contribution in [0.25, 0.3) is 5.57 Å². The van der Waals surface area contributed by atoms with E-state index < -0.39 is 18.8 Å². The highest BCUT2D eigenvalue weighted by Crippen LogP contribution is 2.33. The SMILES string of the molecule is O=C(O)c1cnc(OCC(F)(F)F)c(C2=CCCC2)c1. The summed E-state index contributed by atoms with van der Waals surface area (Å²) in [7, 11) is 0. The first-order valence-electron chi connectivity index (χ1n) is 5.99. The normalized spacial score (nSPS) is 15.1. The molecule has 0 saturated carbocycles. The number of nitrogens with zero attached hydrogens (tertiary/aromatic N) is 1. The number of hydrogen-bond donors (Lipinski definition) is 1. The molecule has 0 spiro atoms. The van der Waals surface area contributed by atoms with Crippen LogP contribution in [0.5, 0.6) is 5.88 Å². The van der Waals surface area contributed by atoms with Gasteiger partial charge in [-0.15, -0.1) is 0 Å². The van der Waals surface area contributed by atoms with Gasteiger partial charge in [0.2, 0.25) is 5.88 Å². The first-order valence-corrected chi connectivity index (χ1v) is 5.99. The van der Waals surface area contributed by atoms with E-state index in [-0.39, 0.29) is 11.4 Å². The lowest BCUT2D eigenvalue weighted by Crippen LogP contribution is -2.20. The Morgan fingerprint density at radius 3 is 2.75 bits per heavy atom. The summed E-state index contributed by atoms with van der Waals surface area (Å²) in [4.78, 5) is 14.6. The van der Waals surface area contributed by atoms with E-state index in [1.807, 2.05) is 6.08 Å². The zero-order valence-corrected chi connectivity index (χ0v) is 10.4. The fraction of sp³-hybridized carbons (Fsp3) is 0.385. The van der Waals surface area contributed by atoms with Crippen molar-refractivity contribution in [1.29, 1.82) is 0 Å². The second-order valence-electron chi connectivity index (χ2n) is 4.41. The number of pyridine rings is 1. The lowest BCUT2D eigenvalue weighted by atomic mass is 10.1. The molecule has 7 heteroatoms. The molecule has 0 aromatic carbocycles. The van der Waals surface area contributed by atoms with Crippen molar-refractivity contribution in [1.82, 2.24) is 4.98 Å². The van der Waals surface area contributed by atoms with Gasteiger partial charge in [-0.05, 0) is 30.9 Å². The van der Waals surface area contributed by atoms with E-state index in [2.05, 4.69) is 9.72 Å². The van der Waals surface area contributed by atoms with Crippen molar-refractivity contribution in [2.24, 2.45) is 0 Å². The summed E-state index contributed by atoms with van der Waals surface area (Å²) in [6.07, 6.45) is 0.758. The Labute approximate surface area is 112 Å². The van der Waals surface area contributed by atoms with Crippen molar-refractivity contribution in [3.8, 4) is 5.88 Å². The Hall–Kier alpha value is -2.05. The lowest BCUT2D eigenvalue weighted by molar-refractivity contribution is -0.154. The number of halogens is 3. The summed E-state index contributed by atoms with van der Waals surface area (Å²) < 4.78 is 41.3. The molecule has 0 amide bonds. The Balaban J connectivity index is 2.32. The molecule has 0 fully saturated rings. The third-order valence-corrected chi connectivity index (χ3v) is 2.86. The van der Waals surface area contributed by atoms with E-state index in [0.717, 1.165) is 24.6 Å². The number of carboxylic acids is 1. The Morgan fingerprint density at radius 1 is 1.45 bits per heavy atom. The van der Waals surface area contributed by atoms with Gasteiger partial charge in [0.1, 0.15) is 0 Å². The maximum atomic E-state index is 12.2. The average molecular weight is 287 g/mol. The van der Waals surface area contributed by atoms with Gasteiger partial charge in [-0.2, -0.15) is 13.2 Å². The highest BCUT2D eigenvalue weighted by molar-refractivity contribution is 5.89. The van der Waals surface area contributed by atoms with Crippen LogP contribution in [0.3, 0.4) is 0 Å². The summed E-state index contributed by atoms with van der Waals surface area (Å²) in [5, 5.41) is 8.92. The van der Waals surface area contributed by atoms with Crippen molar-refractivity contribution < 1.29 is 27.8 Å². The van der Waals surface area contributed by atoms with E-state index in [1.165, 1.54) is 6.07 Å². The van der Waals surface area contributed by atoms with Gasteiger partial charge in [-0.3, -0.25) is 0 Å². The van der Waals surface area contributed by atoms with Gasteiger partial charge in [0, 0.05) is 11.8 Å². The monoisotopic (exact) mass is 287 g/mol. The predicted molar refractivity (Wildman–Crippen MR) is 64.6 cm³/mol. The predicted octanol–water partition coefficient (Wildman–Crippen LogP) is 3.29. The maximum Gasteiger partial charge on any atom is 0.422 e. The van der Waals surface area contributed by atoms with Crippen molar-refractivity contribution >= 4 is 11.5 Å². The zero-order valence-electron chi connectivity index (χ0n) is 10.4. The highest BCUT2D eigenvalue weighted by Gasteiger charge is 2.29. The number of aromatic carboxylic acids is 1. The molecule has 1 aliphatic rings. The summed E-state index contributed by atoms with van der Waals surface area (Å²) in [5.41, 5.74) is 1.02. The van der Waals surface area contributed by atoms with Crippen LogP contribution in [-0.4, -0.2) is 28.8 Å². The summed E-state index contributed by atoms with van der Waals surface area (Å²) in [6, 6.07) is 1.30. The van der Waals surface area contributed by atoms with Crippen LogP contribution in [-0.2, 0) is 0 Å². The molecule has 108 valence electrons. The van der Waals surface area contributed by atoms with Gasteiger partial charge in [-0.25, -0.2) is 9.78 Å². The molecule has 1 N–H and O–H groups in total. The molecule has 2 rings (SSSR count). The largest absolute Gasteiger partial charge is 0.478 e. The van der Waals surface area contributed by atoms with Gasteiger partial charge < -0.3 is 9.84 Å². The number of allylic oxidation sites excluding steroid dienone is 2. The van der Waals surface area contributed by atoms with Crippen LogP contribution in [0.4, 0.5) is 13.2 Å². The van der Waals surface area contributed by atoms with Gasteiger partial charge >= 0.3 is 12.1 Å². The molecular weight excluding hydrogens is 275 g/mol. The second kappa shape index (κ2) is 5.52. The van der Waals surface area contributed by atoms with Crippen LogP contribution < -0.4 is 4.74 Å². The fourth-order valence-electron chi connectivity index (χ4n) is 1.98. The number of carbonyl (C=O) groups is 1. The molecule has 0 aliphatic heterocycles. The van der Waals surface area contributed by atoms with Crippen LogP contribution in [0, 0.1) is 0 Å². The number of carboxylic acid groups (broad SMARTS) is 1. The first kappa shape index (κ1) is 14.4. The quantitative estimate of drug-likeness (QED) is 0.923. The second-order valence-corrected chi connectivity index (χ2v) is 4.41. The smallest absolute Gasteiger partial charge is 0.422 e. The van der Waals surface area contributed by atoms with E-state index in [9.17, 15) is 18.0 Å². The van der Waals surface area contributed by atoms with Crippen LogP contribution >= 0.6 is 0 Å². The van der Waals surface area contributed by atoms with Crippen LogP contribution in [0.15, 0.2) is 18.3 Å². The topological polar surface area (TPSA) is 59.4 Å². The fourth-order valence-corrected chi connectivity index (χ4v) is 1.98. The number of rotatable bonds is 4. The van der Waals surface area contributed by atoms with Gasteiger partial charge in [-0.1, -0.05) is 6.08 Å². The lowest BCUT2D eigenvalue weighted by Gasteiger charge is -2.13. The zero-order chi connectivity index (χ0) is 14.8. The molecule has 0 radical (unpaired) electrons. The first-order chi connectivity index (χ1) is 9.37. The minimum atomic E-state index is -4.46. The van der Waals surface area contributed by atoms with Crippen LogP contribution in [0.1, 0.15) is 35.2 Å². The summed E-state index contributed by atoms with van der Waals surface area (Å²) in [6.45, 7) is -1.45. The maximum absolute atomic E-state index is 12.2. The van der Waals surface area contributed by atoms with Gasteiger partial charge in [0.25, 0.3) is 0 Å². The van der Waals surface area contributed by atoms with Crippen molar-refractivity contribution in [3.05, 3.63) is 29.5 Å². The van der Waals surface area contributed by atoms with Gasteiger partial charge in [0.15, 0.2) is 6.61 Å². The number of hydrogen-bond acceptors (Lipinski definition) is 3. The molecule has 0 saturated heterocycles. The molecular formula is C13H12F3NO3.